The van der Waals surface area contributed by atoms with Crippen LogP contribution in [0, 0.1) is 17.3 Å². The monoisotopic (exact) mass is 278 g/mol. The molecule has 3 saturated carbocycles. The van der Waals surface area contributed by atoms with E-state index < -0.39 is 0 Å². The molecule has 0 aromatic heterocycles. The van der Waals surface area contributed by atoms with Gasteiger partial charge >= 0.3 is 0 Å². The number of aliphatic hydroxyl groups is 1. The highest BCUT2D eigenvalue weighted by Gasteiger charge is 2.53. The van der Waals surface area contributed by atoms with Gasteiger partial charge < -0.3 is 9.84 Å². The number of rotatable bonds is 3. The molecule has 1 saturated heterocycles. The van der Waals surface area contributed by atoms with Crippen LogP contribution in [0.4, 0.5) is 0 Å². The molecule has 4 aliphatic rings. The standard InChI is InChI=1S/C18H30O2/c19-13-17(11-14-4-5-15(17)10-14)12-16-6-9-18(20-16)7-2-1-3-8-18/h14-16,19H,1-13H2. The van der Waals surface area contributed by atoms with Gasteiger partial charge in [-0.15, -0.1) is 0 Å². The van der Waals surface area contributed by atoms with Crippen molar-refractivity contribution in [1.29, 1.82) is 0 Å². The molecule has 4 atom stereocenters. The summed E-state index contributed by atoms with van der Waals surface area (Å²) in [5.41, 5.74) is 0.477. The van der Waals surface area contributed by atoms with Crippen LogP contribution in [-0.2, 0) is 4.74 Å². The van der Waals surface area contributed by atoms with E-state index in [4.69, 9.17) is 4.74 Å². The van der Waals surface area contributed by atoms with E-state index in [0.717, 1.165) is 18.3 Å². The van der Waals surface area contributed by atoms with E-state index >= 15 is 0 Å². The van der Waals surface area contributed by atoms with Crippen LogP contribution in [0.15, 0.2) is 0 Å². The summed E-state index contributed by atoms with van der Waals surface area (Å²) in [5, 5.41) is 10.0. The van der Waals surface area contributed by atoms with E-state index in [1.54, 1.807) is 0 Å². The maximum absolute atomic E-state index is 10.0. The molecule has 4 rings (SSSR count). The molecule has 2 heteroatoms. The molecule has 0 amide bonds. The third-order valence-electron chi connectivity index (χ3n) is 7.15. The summed E-state index contributed by atoms with van der Waals surface area (Å²) >= 11 is 0. The third-order valence-corrected chi connectivity index (χ3v) is 7.15. The second-order valence-corrected chi connectivity index (χ2v) is 8.33. The Kier molecular flexibility index (Phi) is 3.38. The lowest BCUT2D eigenvalue weighted by molar-refractivity contribution is -0.0885. The first kappa shape index (κ1) is 13.6. The minimum Gasteiger partial charge on any atom is -0.396 e. The fourth-order valence-electron chi connectivity index (χ4n) is 6.12. The van der Waals surface area contributed by atoms with Gasteiger partial charge in [-0.3, -0.25) is 0 Å². The van der Waals surface area contributed by atoms with E-state index in [-0.39, 0.29) is 11.0 Å². The lowest BCUT2D eigenvalue weighted by atomic mass is 9.70. The number of hydrogen-bond acceptors (Lipinski definition) is 2. The molecule has 4 fully saturated rings. The van der Waals surface area contributed by atoms with Crippen LogP contribution in [0.25, 0.3) is 0 Å². The van der Waals surface area contributed by atoms with Crippen LogP contribution in [0.3, 0.4) is 0 Å². The van der Waals surface area contributed by atoms with Crippen molar-refractivity contribution in [2.45, 2.75) is 88.8 Å². The molecular weight excluding hydrogens is 248 g/mol. The first-order valence-electron chi connectivity index (χ1n) is 9.02. The highest BCUT2D eigenvalue weighted by Crippen LogP contribution is 2.59. The number of fused-ring (bicyclic) bond motifs is 2. The second-order valence-electron chi connectivity index (χ2n) is 8.33. The van der Waals surface area contributed by atoms with Crippen LogP contribution in [0.2, 0.25) is 0 Å². The fraction of sp³-hybridized carbons (Fsp3) is 1.00. The molecule has 0 aromatic rings. The molecule has 2 nitrogen and oxygen atoms in total. The quantitative estimate of drug-likeness (QED) is 0.843. The van der Waals surface area contributed by atoms with Crippen LogP contribution < -0.4 is 0 Å². The maximum Gasteiger partial charge on any atom is 0.0687 e. The van der Waals surface area contributed by atoms with Gasteiger partial charge in [0.15, 0.2) is 0 Å². The van der Waals surface area contributed by atoms with Crippen LogP contribution in [0.5, 0.6) is 0 Å². The molecule has 4 unspecified atom stereocenters. The lowest BCUT2D eigenvalue weighted by Crippen LogP contribution is -2.37. The Bertz CT molecular complexity index is 360. The lowest BCUT2D eigenvalue weighted by Gasteiger charge is -2.39. The average molecular weight is 278 g/mol. The van der Waals surface area contributed by atoms with Crippen molar-refractivity contribution < 1.29 is 9.84 Å². The van der Waals surface area contributed by atoms with Crippen LogP contribution >= 0.6 is 0 Å². The summed E-state index contributed by atoms with van der Waals surface area (Å²) in [6.45, 7) is 0.404. The van der Waals surface area contributed by atoms with Crippen molar-refractivity contribution in [3.63, 3.8) is 0 Å². The summed E-state index contributed by atoms with van der Waals surface area (Å²) in [6.07, 6.45) is 16.3. The van der Waals surface area contributed by atoms with Gasteiger partial charge in [-0.1, -0.05) is 25.7 Å². The Morgan fingerprint density at radius 1 is 1.00 bits per heavy atom. The predicted octanol–water partition coefficient (Wildman–Crippen LogP) is 4.06. The highest BCUT2D eigenvalue weighted by molar-refractivity contribution is 5.02. The van der Waals surface area contributed by atoms with Crippen molar-refractivity contribution in [2.75, 3.05) is 6.61 Å². The minimum absolute atomic E-state index is 0.230. The van der Waals surface area contributed by atoms with Gasteiger partial charge in [-0.25, -0.2) is 0 Å². The van der Waals surface area contributed by atoms with E-state index in [0.29, 0.717) is 12.7 Å². The zero-order valence-corrected chi connectivity index (χ0v) is 12.8. The first-order valence-corrected chi connectivity index (χ1v) is 9.02. The highest BCUT2D eigenvalue weighted by atomic mass is 16.5. The smallest absolute Gasteiger partial charge is 0.0687 e. The van der Waals surface area contributed by atoms with Gasteiger partial charge in [0, 0.05) is 6.61 Å². The van der Waals surface area contributed by atoms with Gasteiger partial charge in [0.2, 0.25) is 0 Å². The third kappa shape index (κ3) is 2.14. The van der Waals surface area contributed by atoms with E-state index in [2.05, 4.69) is 0 Å². The first-order chi connectivity index (χ1) is 9.74. The molecule has 1 heterocycles. The van der Waals surface area contributed by atoms with Crippen molar-refractivity contribution in [3.05, 3.63) is 0 Å². The largest absolute Gasteiger partial charge is 0.396 e. The Balaban J connectivity index is 1.42. The normalized spacial score (nSPS) is 46.4. The van der Waals surface area contributed by atoms with Gasteiger partial charge in [0.25, 0.3) is 0 Å². The topological polar surface area (TPSA) is 29.5 Å². The van der Waals surface area contributed by atoms with Crippen molar-refractivity contribution in [1.82, 2.24) is 0 Å². The summed E-state index contributed by atoms with van der Waals surface area (Å²) in [7, 11) is 0. The molecule has 0 radical (unpaired) electrons. The van der Waals surface area contributed by atoms with Crippen molar-refractivity contribution in [3.8, 4) is 0 Å². The van der Waals surface area contributed by atoms with Gasteiger partial charge in [-0.05, 0) is 68.6 Å². The van der Waals surface area contributed by atoms with Gasteiger partial charge in [0.05, 0.1) is 11.7 Å². The maximum atomic E-state index is 10.0. The fourth-order valence-corrected chi connectivity index (χ4v) is 6.12. The zero-order chi connectivity index (χ0) is 13.6. The van der Waals surface area contributed by atoms with Crippen LogP contribution in [0.1, 0.15) is 77.0 Å². The minimum atomic E-state index is 0.230. The summed E-state index contributed by atoms with van der Waals surface area (Å²) in [5.74, 6) is 1.71. The molecule has 2 bridgehead atoms. The predicted molar refractivity (Wildman–Crippen MR) is 79.5 cm³/mol. The summed E-state index contributed by atoms with van der Waals surface area (Å²) < 4.78 is 6.58. The number of hydrogen-bond donors (Lipinski definition) is 1. The molecule has 20 heavy (non-hydrogen) atoms. The van der Waals surface area contributed by atoms with Gasteiger partial charge in [0.1, 0.15) is 0 Å². The Morgan fingerprint density at radius 2 is 1.85 bits per heavy atom. The van der Waals surface area contributed by atoms with Gasteiger partial charge in [-0.2, -0.15) is 0 Å². The molecule has 1 N–H and O–H groups in total. The zero-order valence-electron chi connectivity index (χ0n) is 12.8. The molecule has 0 aromatic carbocycles. The summed E-state index contributed by atoms with van der Waals surface area (Å²) in [4.78, 5) is 0. The Hall–Kier alpha value is -0.0800. The van der Waals surface area contributed by atoms with E-state index in [9.17, 15) is 5.11 Å². The Labute approximate surface area is 123 Å². The van der Waals surface area contributed by atoms with E-state index in [1.807, 2.05) is 0 Å². The van der Waals surface area contributed by atoms with Crippen molar-refractivity contribution in [2.24, 2.45) is 17.3 Å². The van der Waals surface area contributed by atoms with Crippen molar-refractivity contribution >= 4 is 0 Å². The molecule has 1 aliphatic heterocycles. The summed E-state index contributed by atoms with van der Waals surface area (Å²) in [6, 6.07) is 0. The Morgan fingerprint density at radius 3 is 2.50 bits per heavy atom. The molecule has 114 valence electrons. The number of ether oxygens (including phenoxy) is 1. The SMILES string of the molecule is OCC1(CC2CCC3(CCCCC3)O2)CC2CCC1C2. The second kappa shape index (κ2) is 4.98. The number of aliphatic hydroxyl groups excluding tert-OH is 1. The molecule has 1 spiro atoms. The average Bonchev–Trinajstić information content (AvgIpc) is 3.16. The van der Waals surface area contributed by atoms with E-state index in [1.165, 1.54) is 70.6 Å². The molecule has 3 aliphatic carbocycles. The van der Waals surface area contributed by atoms with Crippen LogP contribution in [-0.4, -0.2) is 23.4 Å². The molecular formula is C18H30O2.